The van der Waals surface area contributed by atoms with E-state index in [1.54, 1.807) is 29.7 Å². The van der Waals surface area contributed by atoms with Gasteiger partial charge in [-0.15, -0.1) is 11.3 Å². The summed E-state index contributed by atoms with van der Waals surface area (Å²) in [6.45, 7) is 4.09. The van der Waals surface area contributed by atoms with Gasteiger partial charge in [-0.05, 0) is 31.5 Å². The number of hydrogen-bond acceptors (Lipinski definition) is 7. The lowest BCUT2D eigenvalue weighted by atomic mass is 10.2. The van der Waals surface area contributed by atoms with E-state index < -0.39 is 0 Å². The van der Waals surface area contributed by atoms with Crippen LogP contribution in [0.15, 0.2) is 40.4 Å². The number of nitrogens with two attached hydrogens (primary N) is 1. The Kier molecular flexibility index (Phi) is 3.93. The molecule has 4 heterocycles. The maximum Gasteiger partial charge on any atom is 0.258 e. The van der Waals surface area contributed by atoms with Gasteiger partial charge in [-0.1, -0.05) is 17.8 Å². The van der Waals surface area contributed by atoms with E-state index in [1.807, 2.05) is 19.1 Å². The first-order chi connectivity index (χ1) is 12.0. The summed E-state index contributed by atoms with van der Waals surface area (Å²) in [6.07, 6.45) is 1.71. The van der Waals surface area contributed by atoms with Crippen LogP contribution < -0.4 is 11.3 Å². The lowest BCUT2D eigenvalue weighted by molar-refractivity contribution is 0.996. The molecule has 0 aliphatic rings. The van der Waals surface area contributed by atoms with Gasteiger partial charge >= 0.3 is 0 Å². The number of nitrogen functional groups attached to an aromatic ring is 1. The summed E-state index contributed by atoms with van der Waals surface area (Å²) in [5, 5.41) is 1.54. The average Bonchev–Trinajstić information content (AvgIpc) is 2.88. The highest BCUT2D eigenvalue weighted by Gasteiger charge is 2.13. The number of anilines is 1. The lowest BCUT2D eigenvalue weighted by Gasteiger charge is -2.04. The van der Waals surface area contributed by atoms with Crippen molar-refractivity contribution in [3.63, 3.8) is 0 Å². The molecule has 0 bridgehead atoms. The second-order valence-corrected chi connectivity index (χ2v) is 7.80. The Morgan fingerprint density at radius 2 is 2.08 bits per heavy atom. The van der Waals surface area contributed by atoms with E-state index >= 15 is 0 Å². The van der Waals surface area contributed by atoms with Crippen LogP contribution in [0.25, 0.3) is 15.9 Å². The molecule has 25 heavy (non-hydrogen) atoms. The van der Waals surface area contributed by atoms with Crippen molar-refractivity contribution in [2.45, 2.75) is 24.8 Å². The second kappa shape index (κ2) is 6.12. The van der Waals surface area contributed by atoms with E-state index in [0.717, 1.165) is 15.8 Å². The molecule has 0 aliphatic heterocycles. The molecule has 0 spiro atoms. The van der Waals surface area contributed by atoms with Gasteiger partial charge in [0.25, 0.3) is 5.56 Å². The van der Waals surface area contributed by atoms with Gasteiger partial charge in [-0.2, -0.15) is 0 Å². The number of nitrogens with zero attached hydrogens (tertiary/aromatic N) is 4. The Labute approximate surface area is 151 Å². The van der Waals surface area contributed by atoms with E-state index in [9.17, 15) is 4.79 Å². The molecule has 2 N–H and O–H groups in total. The molecule has 0 aromatic carbocycles. The minimum absolute atomic E-state index is 0.0957. The highest BCUT2D eigenvalue weighted by Crippen LogP contribution is 2.33. The quantitative estimate of drug-likeness (QED) is 0.441. The van der Waals surface area contributed by atoms with E-state index in [1.165, 1.54) is 21.0 Å². The largest absolute Gasteiger partial charge is 0.383 e. The first-order valence-corrected chi connectivity index (χ1v) is 9.46. The van der Waals surface area contributed by atoms with E-state index in [4.69, 9.17) is 5.73 Å². The van der Waals surface area contributed by atoms with Gasteiger partial charge in [-0.25, -0.2) is 15.0 Å². The number of pyridine rings is 1. The molecule has 126 valence electrons. The van der Waals surface area contributed by atoms with Gasteiger partial charge in [-0.3, -0.25) is 9.20 Å². The van der Waals surface area contributed by atoms with Crippen LogP contribution in [0.3, 0.4) is 0 Å². The molecular weight excluding hydrogens is 354 g/mol. The maximum absolute atomic E-state index is 12.1. The number of aromatic nitrogens is 4. The highest BCUT2D eigenvalue weighted by atomic mass is 32.2. The van der Waals surface area contributed by atoms with Crippen LogP contribution in [0.5, 0.6) is 0 Å². The molecule has 0 fully saturated rings. The molecule has 0 saturated carbocycles. The summed E-state index contributed by atoms with van der Waals surface area (Å²) in [6, 6.07) is 7.02. The molecule has 4 aromatic rings. The lowest BCUT2D eigenvalue weighted by Crippen LogP contribution is -2.14. The Morgan fingerprint density at radius 3 is 2.92 bits per heavy atom. The van der Waals surface area contributed by atoms with Gasteiger partial charge in [0.05, 0.1) is 11.1 Å². The smallest absolute Gasteiger partial charge is 0.258 e. The molecular formula is C17H15N5OS2. The van der Waals surface area contributed by atoms with Crippen molar-refractivity contribution in [3.05, 3.63) is 57.0 Å². The van der Waals surface area contributed by atoms with Crippen molar-refractivity contribution in [2.75, 3.05) is 5.73 Å². The summed E-state index contributed by atoms with van der Waals surface area (Å²) < 4.78 is 1.52. The minimum Gasteiger partial charge on any atom is -0.383 e. The van der Waals surface area contributed by atoms with Crippen molar-refractivity contribution in [2.24, 2.45) is 0 Å². The maximum atomic E-state index is 12.1. The molecule has 0 unspecified atom stereocenters. The van der Waals surface area contributed by atoms with Crippen LogP contribution >= 0.6 is 23.1 Å². The normalized spacial score (nSPS) is 11.4. The Hall–Kier alpha value is -2.45. The molecule has 4 rings (SSSR count). The fraction of sp³-hybridized carbons (Fsp3) is 0.176. The number of rotatable bonds is 3. The molecule has 0 saturated heterocycles. The van der Waals surface area contributed by atoms with Gasteiger partial charge in [0.1, 0.15) is 16.3 Å². The van der Waals surface area contributed by atoms with Crippen LogP contribution in [0.2, 0.25) is 0 Å². The SMILES string of the molecule is Cc1sc2nc(SCc3cc(=O)n4ccccc4n3)nc(N)c2c1C. The second-order valence-electron chi connectivity index (χ2n) is 5.66. The molecule has 6 nitrogen and oxygen atoms in total. The molecule has 4 aromatic heterocycles. The van der Waals surface area contributed by atoms with Crippen molar-refractivity contribution in [1.29, 1.82) is 0 Å². The van der Waals surface area contributed by atoms with Crippen molar-refractivity contribution in [3.8, 4) is 0 Å². The summed E-state index contributed by atoms with van der Waals surface area (Å²) in [7, 11) is 0. The fourth-order valence-corrected chi connectivity index (χ4v) is 4.48. The van der Waals surface area contributed by atoms with Gasteiger partial charge in [0.2, 0.25) is 0 Å². The highest BCUT2D eigenvalue weighted by molar-refractivity contribution is 7.98. The monoisotopic (exact) mass is 369 g/mol. The van der Waals surface area contributed by atoms with Gasteiger partial charge in [0, 0.05) is 22.9 Å². The number of hydrogen-bond donors (Lipinski definition) is 1. The molecule has 0 aliphatic carbocycles. The molecule has 8 heteroatoms. The van der Waals surface area contributed by atoms with E-state index in [-0.39, 0.29) is 5.56 Å². The molecule has 0 radical (unpaired) electrons. The zero-order chi connectivity index (χ0) is 17.6. The van der Waals surface area contributed by atoms with Crippen LogP contribution in [-0.2, 0) is 5.75 Å². The topological polar surface area (TPSA) is 86.2 Å². The minimum atomic E-state index is -0.0957. The average molecular weight is 369 g/mol. The fourth-order valence-electron chi connectivity index (χ4n) is 2.64. The van der Waals surface area contributed by atoms with Crippen LogP contribution in [0.4, 0.5) is 5.82 Å². The Bertz CT molecular complexity index is 1170. The number of thioether (sulfide) groups is 1. The zero-order valence-corrected chi connectivity index (χ0v) is 15.3. The van der Waals surface area contributed by atoms with E-state index in [2.05, 4.69) is 21.9 Å². The van der Waals surface area contributed by atoms with Gasteiger partial charge in [0.15, 0.2) is 5.16 Å². The predicted molar refractivity (Wildman–Crippen MR) is 102 cm³/mol. The Morgan fingerprint density at radius 1 is 1.24 bits per heavy atom. The zero-order valence-electron chi connectivity index (χ0n) is 13.7. The summed E-state index contributed by atoms with van der Waals surface area (Å²) >= 11 is 3.05. The first kappa shape index (κ1) is 16.0. The van der Waals surface area contributed by atoms with Crippen LogP contribution in [-0.4, -0.2) is 19.4 Å². The number of aryl methyl sites for hydroxylation is 2. The van der Waals surface area contributed by atoms with Crippen LogP contribution in [0.1, 0.15) is 16.1 Å². The summed E-state index contributed by atoms with van der Waals surface area (Å²) in [4.78, 5) is 27.7. The third-order valence-electron chi connectivity index (χ3n) is 4.01. The van der Waals surface area contributed by atoms with Crippen molar-refractivity contribution >= 4 is 44.8 Å². The predicted octanol–water partition coefficient (Wildman–Crippen LogP) is 3.19. The number of fused-ring (bicyclic) bond motifs is 2. The third kappa shape index (κ3) is 2.87. The number of thiophene rings is 1. The van der Waals surface area contributed by atoms with Crippen molar-refractivity contribution in [1.82, 2.24) is 19.4 Å². The van der Waals surface area contributed by atoms with Crippen molar-refractivity contribution < 1.29 is 0 Å². The standard InChI is InChI=1S/C17H15N5OS2/c1-9-10(2)25-16-14(9)15(18)20-17(21-16)24-8-11-7-13(23)22-6-4-3-5-12(22)19-11/h3-7H,8H2,1-2H3,(H2,18,20,21). The third-order valence-corrected chi connectivity index (χ3v) is 5.99. The van der Waals surface area contributed by atoms with Gasteiger partial charge < -0.3 is 5.73 Å². The Balaban J connectivity index is 1.65. The molecule has 0 amide bonds. The summed E-state index contributed by atoms with van der Waals surface area (Å²) in [5.74, 6) is 1.01. The van der Waals surface area contributed by atoms with Crippen LogP contribution in [0, 0.1) is 13.8 Å². The summed E-state index contributed by atoms with van der Waals surface area (Å²) in [5.41, 5.74) is 8.48. The first-order valence-electron chi connectivity index (χ1n) is 7.66. The van der Waals surface area contributed by atoms with E-state index in [0.29, 0.717) is 28.1 Å². The molecule has 0 atom stereocenters.